The van der Waals surface area contributed by atoms with Crippen molar-refractivity contribution in [1.82, 2.24) is 19.4 Å². The molecule has 1 aromatic carbocycles. The Morgan fingerprint density at radius 3 is 2.51 bits per heavy atom. The van der Waals surface area contributed by atoms with Crippen LogP contribution in [0.1, 0.15) is 29.7 Å². The maximum absolute atomic E-state index is 12.9. The van der Waals surface area contributed by atoms with Crippen molar-refractivity contribution in [3.05, 3.63) is 86.3 Å². The molecule has 0 spiro atoms. The quantitative estimate of drug-likeness (QED) is 0.498. The molecule has 1 aliphatic heterocycles. The molecule has 1 saturated heterocycles. The zero-order valence-corrected chi connectivity index (χ0v) is 21.1. The first-order valence-corrected chi connectivity index (χ1v) is 11.3. The van der Waals surface area contributed by atoms with E-state index in [4.69, 9.17) is 5.26 Å². The minimum atomic E-state index is -4.34. The molecule has 2 aliphatic rings. The highest BCUT2D eigenvalue weighted by molar-refractivity contribution is 5.85. The third-order valence-corrected chi connectivity index (χ3v) is 7.03. The van der Waals surface area contributed by atoms with Crippen molar-refractivity contribution in [2.24, 2.45) is 5.92 Å². The fourth-order valence-corrected chi connectivity index (χ4v) is 5.16. The van der Waals surface area contributed by atoms with Gasteiger partial charge >= 0.3 is 11.9 Å². The first-order chi connectivity index (χ1) is 16.7. The lowest BCUT2D eigenvalue weighted by molar-refractivity contribution is -0.137. The minimum absolute atomic E-state index is 0. The summed E-state index contributed by atoms with van der Waals surface area (Å²) in [5.41, 5.74) is -0.134. The van der Waals surface area contributed by atoms with Gasteiger partial charge in [-0.15, -0.1) is 24.8 Å². The predicted octanol–water partition coefficient (Wildman–Crippen LogP) is 4.00. The number of H-pyrrole nitrogens is 1. The van der Waals surface area contributed by atoms with Gasteiger partial charge in [-0.1, -0.05) is 18.2 Å². The molecule has 3 aromatic rings. The van der Waals surface area contributed by atoms with E-state index in [1.165, 1.54) is 16.8 Å². The van der Waals surface area contributed by atoms with E-state index in [2.05, 4.69) is 14.9 Å². The summed E-state index contributed by atoms with van der Waals surface area (Å²) >= 11 is 0. The van der Waals surface area contributed by atoms with Gasteiger partial charge in [-0.2, -0.15) is 18.4 Å². The summed E-state index contributed by atoms with van der Waals surface area (Å²) < 4.78 is 40.1. The van der Waals surface area contributed by atoms with Crippen LogP contribution in [0.3, 0.4) is 0 Å². The second kappa shape index (κ2) is 10.7. The number of rotatable bonds is 6. The van der Waals surface area contributed by atoms with E-state index < -0.39 is 23.0 Å². The summed E-state index contributed by atoms with van der Waals surface area (Å²) in [5.74, 6) is 0.431. The van der Waals surface area contributed by atoms with Crippen LogP contribution in [0.15, 0.2) is 58.3 Å². The number of halogens is 5. The SMILES string of the molecule is Cl.Cl.N#Cc1cccc(-c2cn(CCCN3C[C@@H]4C[C@]4(c4ccc(C(F)(F)F)cc4)C3)c(=O)[nH]c2=O)n1. The van der Waals surface area contributed by atoms with E-state index in [0.717, 1.165) is 43.8 Å². The van der Waals surface area contributed by atoms with E-state index in [0.29, 0.717) is 24.6 Å². The number of nitriles is 1. The molecule has 3 heterocycles. The Kier molecular flexibility index (Phi) is 8.22. The van der Waals surface area contributed by atoms with Crippen molar-refractivity contribution in [3.8, 4) is 17.3 Å². The average Bonchev–Trinajstić information content (AvgIpc) is 3.41. The smallest absolute Gasteiger partial charge is 0.302 e. The number of fused-ring (bicyclic) bond motifs is 1. The Labute approximate surface area is 222 Å². The molecule has 2 fully saturated rings. The van der Waals surface area contributed by atoms with Gasteiger partial charge in [0.15, 0.2) is 0 Å². The molecule has 5 rings (SSSR count). The number of benzene rings is 1. The second-order valence-electron chi connectivity index (χ2n) is 9.24. The van der Waals surface area contributed by atoms with Crippen LogP contribution in [0.25, 0.3) is 11.3 Å². The summed E-state index contributed by atoms with van der Waals surface area (Å²) in [6, 6.07) is 12.2. The molecule has 2 atom stereocenters. The van der Waals surface area contributed by atoms with Gasteiger partial charge in [0, 0.05) is 31.2 Å². The molecule has 0 unspecified atom stereocenters. The van der Waals surface area contributed by atoms with Gasteiger partial charge in [-0.05, 0) is 55.1 Å². The van der Waals surface area contributed by atoms with Crippen molar-refractivity contribution in [3.63, 3.8) is 0 Å². The van der Waals surface area contributed by atoms with E-state index in [-0.39, 0.29) is 41.5 Å². The Morgan fingerprint density at radius 2 is 1.84 bits per heavy atom. The summed E-state index contributed by atoms with van der Waals surface area (Å²) in [4.78, 5) is 33.3. The van der Waals surface area contributed by atoms with Crippen molar-refractivity contribution in [2.45, 2.75) is 31.0 Å². The second-order valence-corrected chi connectivity index (χ2v) is 9.24. The van der Waals surface area contributed by atoms with Crippen LogP contribution in [0, 0.1) is 17.2 Å². The number of likely N-dealkylation sites (tertiary alicyclic amines) is 1. The molecule has 37 heavy (non-hydrogen) atoms. The Hall–Kier alpha value is -3.13. The molecule has 2 aromatic heterocycles. The lowest BCUT2D eigenvalue weighted by Crippen LogP contribution is -2.32. The lowest BCUT2D eigenvalue weighted by atomic mass is 9.94. The van der Waals surface area contributed by atoms with Crippen LogP contribution >= 0.6 is 24.8 Å². The highest BCUT2D eigenvalue weighted by Gasteiger charge is 2.60. The number of hydrogen-bond donors (Lipinski definition) is 1. The van der Waals surface area contributed by atoms with Gasteiger partial charge in [0.25, 0.3) is 5.56 Å². The van der Waals surface area contributed by atoms with Crippen LogP contribution in [0.5, 0.6) is 0 Å². The normalized spacial score (nSPS) is 20.3. The summed E-state index contributed by atoms with van der Waals surface area (Å²) in [7, 11) is 0. The number of aryl methyl sites for hydroxylation is 1. The predicted molar refractivity (Wildman–Crippen MR) is 136 cm³/mol. The first kappa shape index (κ1) is 28.4. The van der Waals surface area contributed by atoms with Crippen molar-refractivity contribution in [2.75, 3.05) is 19.6 Å². The summed E-state index contributed by atoms with van der Waals surface area (Å²) in [6.45, 7) is 2.76. The van der Waals surface area contributed by atoms with Gasteiger partial charge in [-0.25, -0.2) is 9.78 Å². The van der Waals surface area contributed by atoms with Crippen LogP contribution in [0.4, 0.5) is 13.2 Å². The molecule has 7 nitrogen and oxygen atoms in total. The van der Waals surface area contributed by atoms with E-state index in [9.17, 15) is 22.8 Å². The molecule has 1 N–H and O–H groups in total. The molecule has 196 valence electrons. The first-order valence-electron chi connectivity index (χ1n) is 11.3. The van der Waals surface area contributed by atoms with E-state index >= 15 is 0 Å². The number of nitrogens with one attached hydrogen (secondary N) is 1. The zero-order chi connectivity index (χ0) is 24.8. The van der Waals surface area contributed by atoms with Crippen LogP contribution < -0.4 is 11.2 Å². The van der Waals surface area contributed by atoms with Gasteiger partial charge in [-0.3, -0.25) is 14.3 Å². The molecular formula is C25H24Cl2F3N5O2. The molecule has 12 heteroatoms. The Morgan fingerprint density at radius 1 is 1.11 bits per heavy atom. The summed E-state index contributed by atoms with van der Waals surface area (Å²) in [6.07, 6.45) is -1.23. The third-order valence-electron chi connectivity index (χ3n) is 7.03. The number of piperidine rings is 1. The minimum Gasteiger partial charge on any atom is -0.302 e. The van der Waals surface area contributed by atoms with Crippen molar-refractivity contribution in [1.29, 1.82) is 5.26 Å². The van der Waals surface area contributed by atoms with Gasteiger partial charge in [0.2, 0.25) is 0 Å². The fourth-order valence-electron chi connectivity index (χ4n) is 5.16. The topological polar surface area (TPSA) is 94.8 Å². The maximum atomic E-state index is 12.9. The molecule has 0 bridgehead atoms. The zero-order valence-electron chi connectivity index (χ0n) is 19.5. The van der Waals surface area contributed by atoms with E-state index in [1.807, 2.05) is 6.07 Å². The highest BCUT2D eigenvalue weighted by Crippen LogP contribution is 2.59. The molecule has 0 radical (unpaired) electrons. The number of aromatic nitrogens is 3. The fraction of sp³-hybridized carbons (Fsp3) is 0.360. The Bertz CT molecular complexity index is 1430. The van der Waals surface area contributed by atoms with E-state index in [1.54, 1.807) is 24.3 Å². The van der Waals surface area contributed by atoms with Crippen LogP contribution in [-0.2, 0) is 18.1 Å². The number of hydrogen-bond acceptors (Lipinski definition) is 5. The standard InChI is InChI=1S/C25H22F3N5O2.2ClH/c26-25(27,28)17-7-5-16(6-8-17)24-11-18(24)13-32(15-24)9-2-10-33-14-20(22(34)31-23(33)35)21-4-1-3-19(12-29)30-21;;/h1,3-8,14,18H,2,9-11,13,15H2,(H,31,34,35);2*1H/t18-,24+;;/m0../s1. The largest absolute Gasteiger partial charge is 0.416 e. The van der Waals surface area contributed by atoms with Gasteiger partial charge < -0.3 is 4.90 Å². The number of pyridine rings is 1. The maximum Gasteiger partial charge on any atom is 0.416 e. The molecule has 0 amide bonds. The molecular weight excluding hydrogens is 530 g/mol. The van der Waals surface area contributed by atoms with Crippen LogP contribution in [-0.4, -0.2) is 39.1 Å². The molecule has 1 saturated carbocycles. The average molecular weight is 554 g/mol. The number of aromatic amines is 1. The molecule has 1 aliphatic carbocycles. The van der Waals surface area contributed by atoms with Gasteiger partial charge in [0.05, 0.1) is 16.8 Å². The van der Waals surface area contributed by atoms with Crippen molar-refractivity contribution < 1.29 is 13.2 Å². The third kappa shape index (κ3) is 5.59. The number of nitrogens with zero attached hydrogens (tertiary/aromatic N) is 4. The summed E-state index contributed by atoms with van der Waals surface area (Å²) in [5, 5.41) is 9.05. The monoisotopic (exact) mass is 553 g/mol. The Balaban J connectivity index is 0.00000190. The lowest BCUT2D eigenvalue weighted by Gasteiger charge is -2.21. The highest BCUT2D eigenvalue weighted by atomic mass is 35.5. The number of alkyl halides is 3. The van der Waals surface area contributed by atoms with Crippen LogP contribution in [0.2, 0.25) is 0 Å². The van der Waals surface area contributed by atoms with Crippen molar-refractivity contribution >= 4 is 24.8 Å². The van der Waals surface area contributed by atoms with Gasteiger partial charge in [0.1, 0.15) is 11.8 Å².